The molecule has 3 fully saturated rings. The maximum Gasteiger partial charge on any atom is 0.276 e. The minimum atomic E-state index is 0.00492. The van der Waals surface area contributed by atoms with E-state index in [2.05, 4.69) is 40.4 Å². The van der Waals surface area contributed by atoms with Crippen molar-refractivity contribution in [3.63, 3.8) is 0 Å². The van der Waals surface area contributed by atoms with Gasteiger partial charge >= 0.3 is 0 Å². The smallest absolute Gasteiger partial charge is 0.276 e. The first-order valence-corrected chi connectivity index (χ1v) is 8.69. The molecule has 4 heterocycles. The number of aryl methyl sites for hydroxylation is 1. The second kappa shape index (κ2) is 6.40. The van der Waals surface area contributed by atoms with Crippen molar-refractivity contribution < 1.29 is 9.32 Å². The van der Waals surface area contributed by atoms with E-state index in [0.717, 1.165) is 26.2 Å². The first kappa shape index (κ1) is 15.4. The van der Waals surface area contributed by atoms with E-state index in [4.69, 9.17) is 4.52 Å². The molecule has 2 atom stereocenters. The van der Waals surface area contributed by atoms with E-state index >= 15 is 0 Å². The Bertz CT molecular complexity index is 712. The Labute approximate surface area is 142 Å². The minimum Gasteiger partial charge on any atom is -0.361 e. The van der Waals surface area contributed by atoms with Gasteiger partial charge in [0, 0.05) is 38.3 Å². The molecule has 0 spiro atoms. The van der Waals surface area contributed by atoms with E-state index in [1.807, 2.05) is 11.8 Å². The number of amides is 1. The summed E-state index contributed by atoms with van der Waals surface area (Å²) in [5.41, 5.74) is 1.78. The summed E-state index contributed by atoms with van der Waals surface area (Å²) >= 11 is 0. The second-order valence-corrected chi connectivity index (χ2v) is 7.05. The SMILES string of the molecule is Cc1cc(C(=O)N2C[C@H]3CC[C@@H](C2)N(Cc2ccccc2)C3)no1. The predicted molar refractivity (Wildman–Crippen MR) is 90.5 cm³/mol. The van der Waals surface area contributed by atoms with Gasteiger partial charge in [0.05, 0.1) is 0 Å². The van der Waals surface area contributed by atoms with Crippen LogP contribution in [0.5, 0.6) is 0 Å². The molecule has 2 bridgehead atoms. The molecule has 0 aliphatic carbocycles. The third-order valence-corrected chi connectivity index (χ3v) is 5.19. The fourth-order valence-corrected chi connectivity index (χ4v) is 3.99. The van der Waals surface area contributed by atoms with Gasteiger partial charge in [-0.3, -0.25) is 9.69 Å². The lowest BCUT2D eigenvalue weighted by atomic mass is 9.94. The first-order valence-electron chi connectivity index (χ1n) is 8.69. The highest BCUT2D eigenvalue weighted by molar-refractivity contribution is 5.92. The normalized spacial score (nSPS) is 24.1. The molecule has 1 amide bonds. The number of carbonyl (C=O) groups is 1. The molecule has 0 radical (unpaired) electrons. The molecule has 1 aromatic carbocycles. The monoisotopic (exact) mass is 325 g/mol. The average Bonchev–Trinajstić information content (AvgIpc) is 2.83. The Kier molecular flexibility index (Phi) is 4.10. The molecule has 5 heteroatoms. The van der Waals surface area contributed by atoms with Crippen molar-refractivity contribution in [1.82, 2.24) is 15.0 Å². The molecule has 5 rings (SSSR count). The van der Waals surface area contributed by atoms with Crippen LogP contribution in [0.1, 0.15) is 34.7 Å². The van der Waals surface area contributed by atoms with Crippen LogP contribution in [0.15, 0.2) is 40.9 Å². The number of hydrogen-bond acceptors (Lipinski definition) is 4. The first-order chi connectivity index (χ1) is 11.7. The highest BCUT2D eigenvalue weighted by Crippen LogP contribution is 2.29. The van der Waals surface area contributed by atoms with Crippen LogP contribution in [0.25, 0.3) is 0 Å². The molecule has 3 saturated heterocycles. The fraction of sp³-hybridized carbons (Fsp3) is 0.474. The molecule has 24 heavy (non-hydrogen) atoms. The molecule has 3 aliphatic heterocycles. The van der Waals surface area contributed by atoms with Gasteiger partial charge in [0.15, 0.2) is 5.69 Å². The van der Waals surface area contributed by atoms with Crippen molar-refractivity contribution in [3.05, 3.63) is 53.4 Å². The number of rotatable bonds is 3. The Balaban J connectivity index is 1.49. The predicted octanol–water partition coefficient (Wildman–Crippen LogP) is 2.72. The number of fused-ring (bicyclic) bond motifs is 4. The van der Waals surface area contributed by atoms with Gasteiger partial charge in [-0.05, 0) is 31.2 Å². The van der Waals surface area contributed by atoms with Gasteiger partial charge in [-0.15, -0.1) is 0 Å². The maximum atomic E-state index is 12.7. The van der Waals surface area contributed by atoms with E-state index in [9.17, 15) is 4.79 Å². The molecule has 3 aliphatic rings. The third-order valence-electron chi connectivity index (χ3n) is 5.19. The zero-order valence-electron chi connectivity index (χ0n) is 14.0. The lowest BCUT2D eigenvalue weighted by Gasteiger charge is -2.36. The van der Waals surface area contributed by atoms with Crippen molar-refractivity contribution >= 4 is 5.91 Å². The lowest BCUT2D eigenvalue weighted by Crippen LogP contribution is -2.43. The largest absolute Gasteiger partial charge is 0.361 e. The number of hydrogen-bond donors (Lipinski definition) is 0. The van der Waals surface area contributed by atoms with E-state index in [0.29, 0.717) is 23.4 Å². The van der Waals surface area contributed by atoms with Crippen LogP contribution in [-0.4, -0.2) is 46.5 Å². The molecule has 0 saturated carbocycles. The van der Waals surface area contributed by atoms with E-state index in [1.54, 1.807) is 6.07 Å². The summed E-state index contributed by atoms with van der Waals surface area (Å²) < 4.78 is 5.07. The Morgan fingerprint density at radius 3 is 2.79 bits per heavy atom. The Morgan fingerprint density at radius 2 is 2.04 bits per heavy atom. The summed E-state index contributed by atoms with van der Waals surface area (Å²) in [4.78, 5) is 17.3. The van der Waals surface area contributed by atoms with Crippen molar-refractivity contribution in [2.75, 3.05) is 19.6 Å². The minimum absolute atomic E-state index is 0.00492. The Hall–Kier alpha value is -2.14. The summed E-state index contributed by atoms with van der Waals surface area (Å²) in [5, 5.41) is 3.90. The van der Waals surface area contributed by atoms with Crippen LogP contribution in [0.2, 0.25) is 0 Å². The van der Waals surface area contributed by atoms with Gasteiger partial charge < -0.3 is 9.42 Å². The van der Waals surface area contributed by atoms with Crippen LogP contribution in [-0.2, 0) is 6.54 Å². The molecular formula is C19H23N3O2. The molecule has 0 N–H and O–H groups in total. The van der Waals surface area contributed by atoms with Gasteiger partial charge in [-0.1, -0.05) is 35.5 Å². The van der Waals surface area contributed by atoms with E-state index in [-0.39, 0.29) is 5.91 Å². The van der Waals surface area contributed by atoms with Gasteiger partial charge in [-0.25, -0.2) is 0 Å². The summed E-state index contributed by atoms with van der Waals surface area (Å²) in [6.45, 7) is 5.46. The summed E-state index contributed by atoms with van der Waals surface area (Å²) in [5.74, 6) is 1.23. The third kappa shape index (κ3) is 3.08. The number of carbonyl (C=O) groups excluding carboxylic acids is 1. The van der Waals surface area contributed by atoms with E-state index < -0.39 is 0 Å². The number of nitrogens with zero attached hydrogens (tertiary/aromatic N) is 3. The van der Waals surface area contributed by atoms with Crippen LogP contribution in [0.4, 0.5) is 0 Å². The van der Waals surface area contributed by atoms with Crippen LogP contribution in [0, 0.1) is 12.8 Å². The molecule has 2 aromatic rings. The van der Waals surface area contributed by atoms with E-state index in [1.165, 1.54) is 18.4 Å². The molecule has 0 unspecified atom stereocenters. The number of benzene rings is 1. The lowest BCUT2D eigenvalue weighted by molar-refractivity contribution is 0.0725. The van der Waals surface area contributed by atoms with Crippen LogP contribution < -0.4 is 0 Å². The van der Waals surface area contributed by atoms with Crippen molar-refractivity contribution in [2.24, 2.45) is 5.92 Å². The zero-order valence-corrected chi connectivity index (χ0v) is 14.0. The van der Waals surface area contributed by atoms with Crippen molar-refractivity contribution in [3.8, 4) is 0 Å². The van der Waals surface area contributed by atoms with Crippen molar-refractivity contribution in [1.29, 1.82) is 0 Å². The average molecular weight is 325 g/mol. The molecular weight excluding hydrogens is 302 g/mol. The molecule has 126 valence electrons. The summed E-state index contributed by atoms with van der Waals surface area (Å²) in [6.07, 6.45) is 2.37. The fourth-order valence-electron chi connectivity index (χ4n) is 3.99. The zero-order chi connectivity index (χ0) is 16.5. The number of aromatic nitrogens is 1. The van der Waals surface area contributed by atoms with Gasteiger partial charge in [-0.2, -0.15) is 0 Å². The van der Waals surface area contributed by atoms with Gasteiger partial charge in [0.2, 0.25) is 0 Å². The highest BCUT2D eigenvalue weighted by Gasteiger charge is 2.37. The van der Waals surface area contributed by atoms with Gasteiger partial charge in [0.25, 0.3) is 5.91 Å². The molecule has 1 aromatic heterocycles. The van der Waals surface area contributed by atoms with Crippen LogP contribution in [0.3, 0.4) is 0 Å². The summed E-state index contributed by atoms with van der Waals surface area (Å²) in [7, 11) is 0. The standard InChI is InChI=1S/C19H23N3O2/c1-14-9-18(20-24-14)19(23)22-12-16-7-8-17(13-22)21(11-16)10-15-5-3-2-4-6-15/h2-6,9,16-17H,7-8,10-13H2,1H3/t16-,17-/m0/s1. The molecule has 5 nitrogen and oxygen atoms in total. The topological polar surface area (TPSA) is 49.6 Å². The number of piperidine rings is 1. The maximum absolute atomic E-state index is 12.7. The highest BCUT2D eigenvalue weighted by atomic mass is 16.5. The van der Waals surface area contributed by atoms with Crippen LogP contribution >= 0.6 is 0 Å². The summed E-state index contributed by atoms with van der Waals surface area (Å²) in [6, 6.07) is 12.8. The van der Waals surface area contributed by atoms with Gasteiger partial charge in [0.1, 0.15) is 5.76 Å². The quantitative estimate of drug-likeness (QED) is 0.871. The Morgan fingerprint density at radius 1 is 1.21 bits per heavy atom. The van der Waals surface area contributed by atoms with Crippen molar-refractivity contribution in [2.45, 2.75) is 32.4 Å². The second-order valence-electron chi connectivity index (χ2n) is 7.05.